The second kappa shape index (κ2) is 9.90. The molecule has 1 saturated heterocycles. The van der Waals surface area contributed by atoms with Gasteiger partial charge in [-0.2, -0.15) is 0 Å². The molecule has 0 saturated carbocycles. The van der Waals surface area contributed by atoms with Crippen LogP contribution in [0.1, 0.15) is 25.3 Å². The van der Waals surface area contributed by atoms with Crippen molar-refractivity contribution in [3.8, 4) is 0 Å². The first-order valence-electron chi connectivity index (χ1n) is 7.81. The van der Waals surface area contributed by atoms with E-state index in [2.05, 4.69) is 12.1 Å². The van der Waals surface area contributed by atoms with Gasteiger partial charge in [-0.3, -0.25) is 0 Å². The van der Waals surface area contributed by atoms with Crippen LogP contribution in [0.2, 0.25) is 0 Å². The number of ether oxygens (including phenoxy) is 4. The predicted molar refractivity (Wildman–Crippen MR) is 81.3 cm³/mol. The largest absolute Gasteiger partial charge is 0.379 e. The summed E-state index contributed by atoms with van der Waals surface area (Å²) < 4.78 is 22.5. The van der Waals surface area contributed by atoms with Gasteiger partial charge >= 0.3 is 0 Å². The van der Waals surface area contributed by atoms with E-state index >= 15 is 0 Å². The minimum absolute atomic E-state index is 0.197. The molecule has 0 bridgehead atoms. The van der Waals surface area contributed by atoms with Gasteiger partial charge in [0.25, 0.3) is 0 Å². The third-order valence-corrected chi connectivity index (χ3v) is 3.54. The highest BCUT2D eigenvalue weighted by molar-refractivity contribution is 5.13. The van der Waals surface area contributed by atoms with Crippen LogP contribution in [0.25, 0.3) is 0 Å². The van der Waals surface area contributed by atoms with E-state index in [0.717, 1.165) is 19.4 Å². The summed E-state index contributed by atoms with van der Waals surface area (Å²) in [5.74, 6) is 0. The Kier molecular flexibility index (Phi) is 7.75. The molecule has 2 atom stereocenters. The second-order valence-electron chi connectivity index (χ2n) is 5.22. The van der Waals surface area contributed by atoms with E-state index in [1.54, 1.807) is 0 Å². The Morgan fingerprint density at radius 3 is 2.62 bits per heavy atom. The van der Waals surface area contributed by atoms with Gasteiger partial charge in [0.15, 0.2) is 0 Å². The van der Waals surface area contributed by atoms with Gasteiger partial charge in [-0.05, 0) is 25.3 Å². The Bertz CT molecular complexity index is 360. The Morgan fingerprint density at radius 1 is 1.10 bits per heavy atom. The van der Waals surface area contributed by atoms with Crippen LogP contribution < -0.4 is 0 Å². The Morgan fingerprint density at radius 2 is 1.90 bits per heavy atom. The lowest BCUT2D eigenvalue weighted by Crippen LogP contribution is -2.34. The van der Waals surface area contributed by atoms with Crippen LogP contribution in [0.5, 0.6) is 0 Å². The van der Waals surface area contributed by atoms with Crippen molar-refractivity contribution in [3.63, 3.8) is 0 Å². The Labute approximate surface area is 127 Å². The molecule has 1 heterocycles. The first-order chi connectivity index (χ1) is 10.4. The van der Waals surface area contributed by atoms with E-state index in [0.29, 0.717) is 33.0 Å². The van der Waals surface area contributed by atoms with Crippen molar-refractivity contribution in [1.82, 2.24) is 0 Å². The third-order valence-electron chi connectivity index (χ3n) is 3.54. The quantitative estimate of drug-likeness (QED) is 0.656. The fourth-order valence-corrected chi connectivity index (χ4v) is 2.31. The van der Waals surface area contributed by atoms with Crippen LogP contribution in [-0.2, 0) is 25.6 Å². The van der Waals surface area contributed by atoms with Crippen LogP contribution >= 0.6 is 0 Å². The van der Waals surface area contributed by atoms with E-state index in [-0.39, 0.29) is 12.2 Å². The van der Waals surface area contributed by atoms with Gasteiger partial charge < -0.3 is 18.9 Å². The zero-order valence-corrected chi connectivity index (χ0v) is 12.8. The molecule has 0 aliphatic carbocycles. The van der Waals surface area contributed by atoms with E-state index in [1.165, 1.54) is 5.56 Å². The van der Waals surface area contributed by atoms with Gasteiger partial charge in [-0.15, -0.1) is 0 Å². The van der Waals surface area contributed by atoms with Crippen molar-refractivity contribution in [2.24, 2.45) is 0 Å². The number of hydrogen-bond donors (Lipinski definition) is 0. The second-order valence-corrected chi connectivity index (χ2v) is 5.22. The standard InChI is InChI=1S/C17H26O4/c1-2-18-10-11-19-13-16-8-9-17(14-21-16)20-12-15-6-4-3-5-7-15/h3-7,16-17H,2,8-14H2,1H3. The highest BCUT2D eigenvalue weighted by atomic mass is 16.6. The van der Waals surface area contributed by atoms with Crippen molar-refractivity contribution < 1.29 is 18.9 Å². The Hall–Kier alpha value is -0.940. The zero-order chi connectivity index (χ0) is 14.8. The van der Waals surface area contributed by atoms with Gasteiger partial charge in [-0.25, -0.2) is 0 Å². The molecule has 1 aliphatic rings. The van der Waals surface area contributed by atoms with Crippen LogP contribution in [0.3, 0.4) is 0 Å². The molecule has 0 N–H and O–H groups in total. The fraction of sp³-hybridized carbons (Fsp3) is 0.647. The summed E-state index contributed by atoms with van der Waals surface area (Å²) in [4.78, 5) is 0. The molecule has 1 aromatic carbocycles. The fourth-order valence-electron chi connectivity index (χ4n) is 2.31. The summed E-state index contributed by atoms with van der Waals surface area (Å²) >= 11 is 0. The molecule has 0 radical (unpaired) electrons. The van der Waals surface area contributed by atoms with Gasteiger partial charge in [0, 0.05) is 6.61 Å². The lowest BCUT2D eigenvalue weighted by molar-refractivity contribution is -0.113. The van der Waals surface area contributed by atoms with Crippen molar-refractivity contribution in [3.05, 3.63) is 35.9 Å². The number of hydrogen-bond acceptors (Lipinski definition) is 4. The minimum Gasteiger partial charge on any atom is -0.379 e. The summed E-state index contributed by atoms with van der Waals surface area (Å²) in [5, 5.41) is 0. The molecule has 1 aromatic rings. The topological polar surface area (TPSA) is 36.9 Å². The van der Waals surface area contributed by atoms with Crippen molar-refractivity contribution in [2.75, 3.05) is 33.0 Å². The molecule has 1 aliphatic heterocycles. The van der Waals surface area contributed by atoms with Gasteiger partial charge in [0.1, 0.15) is 0 Å². The van der Waals surface area contributed by atoms with E-state index in [4.69, 9.17) is 18.9 Å². The molecule has 118 valence electrons. The van der Waals surface area contributed by atoms with Crippen molar-refractivity contribution in [2.45, 2.75) is 38.6 Å². The summed E-state index contributed by atoms with van der Waals surface area (Å²) in [6.07, 6.45) is 2.42. The first-order valence-corrected chi connectivity index (χ1v) is 7.81. The Balaban J connectivity index is 1.54. The molecule has 1 fully saturated rings. The lowest BCUT2D eigenvalue weighted by atomic mass is 10.1. The average molecular weight is 294 g/mol. The van der Waals surface area contributed by atoms with Gasteiger partial charge in [-0.1, -0.05) is 30.3 Å². The van der Waals surface area contributed by atoms with Crippen LogP contribution in [0.4, 0.5) is 0 Å². The summed E-state index contributed by atoms with van der Waals surface area (Å²) in [6, 6.07) is 10.2. The first kappa shape index (κ1) is 16.4. The molecule has 0 aromatic heterocycles. The van der Waals surface area contributed by atoms with Crippen LogP contribution in [0, 0.1) is 0 Å². The number of rotatable bonds is 9. The van der Waals surface area contributed by atoms with E-state index in [1.807, 2.05) is 25.1 Å². The maximum absolute atomic E-state index is 5.89. The zero-order valence-electron chi connectivity index (χ0n) is 12.8. The summed E-state index contributed by atoms with van der Waals surface area (Å²) in [6.45, 7) is 5.99. The molecular weight excluding hydrogens is 268 g/mol. The maximum atomic E-state index is 5.89. The molecule has 2 unspecified atom stereocenters. The average Bonchev–Trinajstić information content (AvgIpc) is 2.55. The SMILES string of the molecule is CCOCCOCC1CCC(OCc2ccccc2)CO1. The van der Waals surface area contributed by atoms with Crippen molar-refractivity contribution in [1.29, 1.82) is 0 Å². The molecule has 21 heavy (non-hydrogen) atoms. The molecule has 0 spiro atoms. The number of benzene rings is 1. The van der Waals surface area contributed by atoms with Crippen LogP contribution in [0.15, 0.2) is 30.3 Å². The molecule has 4 heteroatoms. The smallest absolute Gasteiger partial charge is 0.0814 e. The van der Waals surface area contributed by atoms with E-state index < -0.39 is 0 Å². The summed E-state index contributed by atoms with van der Waals surface area (Å²) in [5.41, 5.74) is 1.21. The minimum atomic E-state index is 0.197. The molecule has 0 amide bonds. The molecular formula is C17H26O4. The maximum Gasteiger partial charge on any atom is 0.0814 e. The normalized spacial score (nSPS) is 22.3. The predicted octanol–water partition coefficient (Wildman–Crippen LogP) is 2.80. The summed E-state index contributed by atoms with van der Waals surface area (Å²) in [7, 11) is 0. The highest BCUT2D eigenvalue weighted by Gasteiger charge is 2.22. The van der Waals surface area contributed by atoms with Gasteiger partial charge in [0.2, 0.25) is 0 Å². The monoisotopic (exact) mass is 294 g/mol. The van der Waals surface area contributed by atoms with Crippen LogP contribution in [-0.4, -0.2) is 45.2 Å². The van der Waals surface area contributed by atoms with E-state index in [9.17, 15) is 0 Å². The van der Waals surface area contributed by atoms with Gasteiger partial charge in [0.05, 0.1) is 45.2 Å². The molecule has 2 rings (SSSR count). The third kappa shape index (κ3) is 6.57. The molecule has 4 nitrogen and oxygen atoms in total. The highest BCUT2D eigenvalue weighted by Crippen LogP contribution is 2.17. The lowest BCUT2D eigenvalue weighted by Gasteiger charge is -2.29. The van der Waals surface area contributed by atoms with Crippen molar-refractivity contribution >= 4 is 0 Å².